The number of nitrogens with one attached hydrogen (secondary N) is 1. The van der Waals surface area contributed by atoms with Gasteiger partial charge in [0.1, 0.15) is 0 Å². The van der Waals surface area contributed by atoms with Gasteiger partial charge in [0.05, 0.1) is 0 Å². The van der Waals surface area contributed by atoms with Crippen molar-refractivity contribution in [2.24, 2.45) is 0 Å². The summed E-state index contributed by atoms with van der Waals surface area (Å²) in [6.45, 7) is 3.58. The van der Waals surface area contributed by atoms with E-state index in [1.165, 1.54) is 18.4 Å². The Balaban J connectivity index is 1.86. The van der Waals surface area contributed by atoms with Gasteiger partial charge in [0.25, 0.3) is 0 Å². The Morgan fingerprint density at radius 3 is 2.90 bits per heavy atom. The molecule has 0 saturated heterocycles. The van der Waals surface area contributed by atoms with Gasteiger partial charge in [-0.3, -0.25) is 0 Å². The van der Waals surface area contributed by atoms with E-state index in [0.29, 0.717) is 17.9 Å². The molecule has 1 fully saturated rings. The molecule has 1 aliphatic rings. The topological polar surface area (TPSA) is 53.9 Å². The molecule has 0 bridgehead atoms. The van der Waals surface area contributed by atoms with Crippen LogP contribution in [-0.2, 0) is 6.54 Å². The lowest BCUT2D eigenvalue weighted by atomic mass is 10.3. The van der Waals surface area contributed by atoms with Crippen LogP contribution in [0.2, 0.25) is 5.28 Å². The smallest absolute Gasteiger partial charge is 0.232 e. The van der Waals surface area contributed by atoms with Gasteiger partial charge in [0.15, 0.2) is 0 Å². The zero-order valence-electron chi connectivity index (χ0n) is 11.2. The van der Waals surface area contributed by atoms with Gasteiger partial charge in [0.2, 0.25) is 17.2 Å². The molecule has 7 heteroatoms. The van der Waals surface area contributed by atoms with E-state index in [0.717, 1.165) is 13.1 Å². The van der Waals surface area contributed by atoms with Gasteiger partial charge >= 0.3 is 0 Å². The number of hydrogen-bond acceptors (Lipinski definition) is 6. The molecule has 1 aliphatic carbocycles. The van der Waals surface area contributed by atoms with Crippen LogP contribution in [0.1, 0.15) is 25.3 Å². The molecule has 0 spiro atoms. The highest BCUT2D eigenvalue weighted by Crippen LogP contribution is 2.32. The van der Waals surface area contributed by atoms with Gasteiger partial charge in [-0.15, -0.1) is 0 Å². The molecule has 0 atom stereocenters. The summed E-state index contributed by atoms with van der Waals surface area (Å²) in [5, 5.41) is 7.57. The molecule has 0 unspecified atom stereocenters. The SMILES string of the molecule is CCNc1nc(Cl)nc(N(Cc2ccsc2)C2CC2)n1. The Labute approximate surface area is 127 Å². The van der Waals surface area contributed by atoms with Crippen LogP contribution in [0, 0.1) is 0 Å². The van der Waals surface area contributed by atoms with Crippen LogP contribution in [0.25, 0.3) is 0 Å². The molecule has 2 aromatic rings. The van der Waals surface area contributed by atoms with Crippen LogP contribution in [-0.4, -0.2) is 27.5 Å². The summed E-state index contributed by atoms with van der Waals surface area (Å²) >= 11 is 7.72. The third-order valence-electron chi connectivity index (χ3n) is 3.11. The third-order valence-corrected chi connectivity index (χ3v) is 4.01. The lowest BCUT2D eigenvalue weighted by Gasteiger charge is -2.22. The van der Waals surface area contributed by atoms with E-state index in [2.05, 4.69) is 42.0 Å². The first kappa shape index (κ1) is 13.6. The standard InChI is InChI=1S/C13H16ClN5S/c1-2-15-12-16-11(14)17-13(18-12)19(10-3-4-10)7-9-5-6-20-8-9/h5-6,8,10H,2-4,7H2,1H3,(H,15,16,17,18). The second kappa shape index (κ2) is 5.93. The van der Waals surface area contributed by atoms with Crippen molar-refractivity contribution in [3.63, 3.8) is 0 Å². The summed E-state index contributed by atoms with van der Waals surface area (Å²) in [6.07, 6.45) is 2.37. The molecule has 3 rings (SSSR count). The maximum absolute atomic E-state index is 6.01. The maximum Gasteiger partial charge on any atom is 0.232 e. The van der Waals surface area contributed by atoms with E-state index in [-0.39, 0.29) is 5.28 Å². The predicted octanol–water partition coefficient (Wildman–Crippen LogP) is 3.19. The number of nitrogens with zero attached hydrogens (tertiary/aromatic N) is 4. The number of hydrogen-bond donors (Lipinski definition) is 1. The Morgan fingerprint density at radius 1 is 1.40 bits per heavy atom. The molecule has 20 heavy (non-hydrogen) atoms. The summed E-state index contributed by atoms with van der Waals surface area (Å²) < 4.78 is 0. The first-order chi connectivity index (χ1) is 9.76. The number of thiophene rings is 1. The van der Waals surface area contributed by atoms with E-state index in [1.807, 2.05) is 6.92 Å². The lowest BCUT2D eigenvalue weighted by molar-refractivity contribution is 0.754. The largest absolute Gasteiger partial charge is 0.354 e. The Kier molecular flexibility index (Phi) is 4.03. The Bertz CT molecular complexity index is 570. The molecule has 0 aromatic carbocycles. The quantitative estimate of drug-likeness (QED) is 0.888. The second-order valence-corrected chi connectivity index (χ2v) is 5.87. The Hall–Kier alpha value is -1.40. The molecular weight excluding hydrogens is 294 g/mol. The predicted molar refractivity (Wildman–Crippen MR) is 82.5 cm³/mol. The summed E-state index contributed by atoms with van der Waals surface area (Å²) in [7, 11) is 0. The van der Waals surface area contributed by atoms with Gasteiger partial charge in [0, 0.05) is 19.1 Å². The number of halogens is 1. The summed E-state index contributed by atoms with van der Waals surface area (Å²) in [5.74, 6) is 1.20. The van der Waals surface area contributed by atoms with Crippen LogP contribution in [0.15, 0.2) is 16.8 Å². The van der Waals surface area contributed by atoms with Crippen LogP contribution in [0.5, 0.6) is 0 Å². The van der Waals surface area contributed by atoms with E-state index in [9.17, 15) is 0 Å². The van der Waals surface area contributed by atoms with Crippen molar-refractivity contribution < 1.29 is 0 Å². The van der Waals surface area contributed by atoms with Crippen molar-refractivity contribution in [2.75, 3.05) is 16.8 Å². The summed E-state index contributed by atoms with van der Waals surface area (Å²) in [6, 6.07) is 2.65. The van der Waals surface area contributed by atoms with Gasteiger partial charge in [-0.1, -0.05) is 0 Å². The highest BCUT2D eigenvalue weighted by Gasteiger charge is 2.31. The molecule has 0 aliphatic heterocycles. The van der Waals surface area contributed by atoms with Crippen LogP contribution in [0.3, 0.4) is 0 Å². The number of rotatable bonds is 6. The summed E-state index contributed by atoms with van der Waals surface area (Å²) in [5.41, 5.74) is 1.28. The first-order valence-electron chi connectivity index (χ1n) is 6.69. The fourth-order valence-electron chi connectivity index (χ4n) is 2.03. The highest BCUT2D eigenvalue weighted by molar-refractivity contribution is 7.07. The van der Waals surface area contributed by atoms with Crippen LogP contribution in [0.4, 0.5) is 11.9 Å². The fraction of sp³-hybridized carbons (Fsp3) is 0.462. The highest BCUT2D eigenvalue weighted by atomic mass is 35.5. The number of anilines is 2. The molecule has 2 aromatic heterocycles. The van der Waals surface area contributed by atoms with Gasteiger partial charge in [-0.25, -0.2) is 0 Å². The van der Waals surface area contributed by atoms with E-state index in [1.54, 1.807) is 11.3 Å². The summed E-state index contributed by atoms with van der Waals surface area (Å²) in [4.78, 5) is 15.1. The fourth-order valence-corrected chi connectivity index (χ4v) is 2.85. The minimum atomic E-state index is 0.238. The lowest BCUT2D eigenvalue weighted by Crippen LogP contribution is -2.27. The molecule has 0 radical (unpaired) electrons. The molecule has 2 heterocycles. The van der Waals surface area contributed by atoms with E-state index >= 15 is 0 Å². The van der Waals surface area contributed by atoms with Crippen LogP contribution < -0.4 is 10.2 Å². The zero-order valence-corrected chi connectivity index (χ0v) is 12.8. The van der Waals surface area contributed by atoms with Crippen molar-refractivity contribution in [3.05, 3.63) is 27.7 Å². The molecule has 5 nitrogen and oxygen atoms in total. The van der Waals surface area contributed by atoms with Crippen molar-refractivity contribution in [1.29, 1.82) is 0 Å². The Morgan fingerprint density at radius 2 is 2.25 bits per heavy atom. The second-order valence-electron chi connectivity index (χ2n) is 4.75. The van der Waals surface area contributed by atoms with Gasteiger partial charge in [-0.05, 0) is 53.8 Å². The molecule has 106 valence electrons. The monoisotopic (exact) mass is 309 g/mol. The van der Waals surface area contributed by atoms with Crippen molar-refractivity contribution in [3.8, 4) is 0 Å². The maximum atomic E-state index is 6.01. The van der Waals surface area contributed by atoms with Crippen molar-refractivity contribution in [1.82, 2.24) is 15.0 Å². The zero-order chi connectivity index (χ0) is 13.9. The van der Waals surface area contributed by atoms with Gasteiger partial charge < -0.3 is 10.2 Å². The number of aromatic nitrogens is 3. The van der Waals surface area contributed by atoms with Crippen molar-refractivity contribution in [2.45, 2.75) is 32.4 Å². The van der Waals surface area contributed by atoms with Gasteiger partial charge in [-0.2, -0.15) is 26.3 Å². The minimum absolute atomic E-state index is 0.238. The normalized spacial score (nSPS) is 14.3. The molecule has 1 saturated carbocycles. The van der Waals surface area contributed by atoms with Crippen LogP contribution >= 0.6 is 22.9 Å². The molecule has 0 amide bonds. The van der Waals surface area contributed by atoms with Crippen molar-refractivity contribution >= 4 is 34.8 Å². The molecular formula is C13H16ClN5S. The first-order valence-corrected chi connectivity index (χ1v) is 8.01. The average Bonchev–Trinajstić information content (AvgIpc) is 3.12. The third kappa shape index (κ3) is 3.19. The van der Waals surface area contributed by atoms with E-state index in [4.69, 9.17) is 11.6 Å². The van der Waals surface area contributed by atoms with E-state index < -0.39 is 0 Å². The average molecular weight is 310 g/mol. The molecule has 1 N–H and O–H groups in total. The minimum Gasteiger partial charge on any atom is -0.354 e.